The van der Waals surface area contributed by atoms with Crippen LogP contribution >= 0.6 is 11.6 Å². The van der Waals surface area contributed by atoms with Gasteiger partial charge in [0.25, 0.3) is 0 Å². The molecular weight excluding hydrogens is 360 g/mol. The smallest absolute Gasteiger partial charge is 0.245 e. The Balaban J connectivity index is 1.79. The molecule has 1 aliphatic carbocycles. The highest BCUT2D eigenvalue weighted by Gasteiger charge is 2.47. The first kappa shape index (κ1) is 17.4. The Morgan fingerprint density at radius 2 is 1.70 bits per heavy atom. The summed E-state index contributed by atoms with van der Waals surface area (Å²) in [5, 5.41) is 0.555. The number of urea groups is 1. The second kappa shape index (κ2) is 6.97. The minimum Gasteiger partial charge on any atom is -0.245 e. The Morgan fingerprint density at radius 3 is 2.41 bits per heavy atom. The number of aryl methyl sites for hydroxylation is 1. The largest absolute Gasteiger partial charge is 0.506 e. The number of carbonyl (C=O) groups is 2. The molecule has 0 N–H and O–H groups in total. The van der Waals surface area contributed by atoms with E-state index in [4.69, 9.17) is 11.6 Å². The lowest BCUT2D eigenvalue weighted by molar-refractivity contribution is -0.445. The number of carbonyl (C=O) groups excluding carboxylic acids is 2. The van der Waals surface area contributed by atoms with E-state index in [-0.39, 0.29) is 11.9 Å². The van der Waals surface area contributed by atoms with Crippen molar-refractivity contribution in [3.05, 3.63) is 89.0 Å². The number of allylic oxidation sites excluding steroid dienone is 3. The minimum absolute atomic E-state index is 0.252. The van der Waals surface area contributed by atoms with E-state index >= 15 is 0 Å². The van der Waals surface area contributed by atoms with Crippen LogP contribution in [0.25, 0.3) is 0 Å². The lowest BCUT2D eigenvalue weighted by Gasteiger charge is -2.26. The summed E-state index contributed by atoms with van der Waals surface area (Å²) < 4.78 is 1.67. The highest BCUT2D eigenvalue weighted by molar-refractivity contribution is 6.31. The fourth-order valence-electron chi connectivity index (χ4n) is 3.33. The molecule has 0 fully saturated rings. The van der Waals surface area contributed by atoms with Gasteiger partial charge in [0.05, 0.1) is 0 Å². The maximum atomic E-state index is 13.3. The van der Waals surface area contributed by atoms with Crippen molar-refractivity contribution in [2.45, 2.75) is 13.5 Å². The van der Waals surface area contributed by atoms with Gasteiger partial charge >= 0.3 is 11.9 Å². The molecule has 3 amide bonds. The quantitative estimate of drug-likeness (QED) is 0.738. The van der Waals surface area contributed by atoms with Crippen LogP contribution in [0.1, 0.15) is 11.1 Å². The van der Waals surface area contributed by atoms with E-state index in [2.05, 4.69) is 0 Å². The Labute approximate surface area is 162 Å². The maximum Gasteiger partial charge on any atom is 0.506 e. The summed E-state index contributed by atoms with van der Waals surface area (Å²) in [5.74, 6) is -0.730. The molecule has 5 heteroatoms. The third-order valence-electron chi connectivity index (χ3n) is 4.77. The van der Waals surface area contributed by atoms with Gasteiger partial charge < -0.3 is 0 Å². The lowest BCUT2D eigenvalue weighted by atomic mass is 9.94. The van der Waals surface area contributed by atoms with E-state index < -0.39 is 5.92 Å². The Bertz CT molecular complexity index is 1000. The molecule has 4 nitrogen and oxygen atoms in total. The van der Waals surface area contributed by atoms with Crippen LogP contribution in [-0.2, 0) is 11.3 Å². The number of rotatable bonds is 3. The van der Waals surface area contributed by atoms with Crippen molar-refractivity contribution in [1.82, 2.24) is 0 Å². The minimum atomic E-state index is -0.478. The molecule has 1 heterocycles. The lowest BCUT2D eigenvalue weighted by Crippen LogP contribution is -2.54. The van der Waals surface area contributed by atoms with Crippen LogP contribution in [0.2, 0.25) is 5.02 Å². The van der Waals surface area contributed by atoms with Gasteiger partial charge in [-0.2, -0.15) is 9.37 Å². The topological polar surface area (TPSA) is 40.4 Å². The summed E-state index contributed by atoms with van der Waals surface area (Å²) in [7, 11) is 0. The van der Waals surface area contributed by atoms with Crippen LogP contribution in [0.4, 0.5) is 10.5 Å². The molecule has 0 saturated carbocycles. The van der Waals surface area contributed by atoms with Gasteiger partial charge in [-0.15, -0.1) is 4.90 Å². The van der Waals surface area contributed by atoms with Crippen molar-refractivity contribution in [1.29, 1.82) is 0 Å². The molecule has 0 radical (unpaired) electrons. The predicted octanol–water partition coefficient (Wildman–Crippen LogP) is 4.51. The van der Waals surface area contributed by atoms with Crippen LogP contribution in [0.3, 0.4) is 0 Å². The summed E-state index contributed by atoms with van der Waals surface area (Å²) in [6, 6.07) is 14.4. The molecule has 1 unspecified atom stereocenters. The van der Waals surface area contributed by atoms with Crippen LogP contribution < -0.4 is 4.90 Å². The van der Waals surface area contributed by atoms with Crippen molar-refractivity contribution in [2.24, 2.45) is 5.92 Å². The van der Waals surface area contributed by atoms with E-state index in [1.165, 1.54) is 4.90 Å². The first-order valence-corrected chi connectivity index (χ1v) is 9.11. The van der Waals surface area contributed by atoms with Crippen molar-refractivity contribution >= 4 is 34.9 Å². The van der Waals surface area contributed by atoms with Crippen LogP contribution in [0, 0.1) is 12.8 Å². The number of anilines is 1. The summed E-state index contributed by atoms with van der Waals surface area (Å²) in [4.78, 5) is 27.5. The maximum absolute atomic E-state index is 13.3. The van der Waals surface area contributed by atoms with Crippen molar-refractivity contribution in [3.8, 4) is 0 Å². The van der Waals surface area contributed by atoms with Gasteiger partial charge in [-0.3, -0.25) is 0 Å². The van der Waals surface area contributed by atoms with Crippen molar-refractivity contribution in [3.63, 3.8) is 0 Å². The Hall–Kier alpha value is -2.98. The van der Waals surface area contributed by atoms with Gasteiger partial charge in [-0.25, -0.2) is 4.79 Å². The van der Waals surface area contributed by atoms with E-state index in [0.717, 1.165) is 11.1 Å². The van der Waals surface area contributed by atoms with Gasteiger partial charge in [-0.1, -0.05) is 59.7 Å². The highest BCUT2D eigenvalue weighted by Crippen LogP contribution is 2.27. The number of benzene rings is 2. The van der Waals surface area contributed by atoms with Gasteiger partial charge in [0.2, 0.25) is 0 Å². The summed E-state index contributed by atoms with van der Waals surface area (Å²) in [6.07, 6.45) is 7.36. The number of nitrogens with zero attached hydrogens (tertiary/aromatic N) is 2. The fourth-order valence-corrected chi connectivity index (χ4v) is 3.45. The molecule has 0 saturated heterocycles. The molecular formula is C22H18ClN2O2+. The molecule has 4 rings (SSSR count). The number of fused-ring (bicyclic) bond motifs is 1. The number of hydrogen-bond donors (Lipinski definition) is 0. The molecule has 2 aromatic rings. The van der Waals surface area contributed by atoms with Crippen molar-refractivity contribution < 1.29 is 14.2 Å². The molecule has 1 aliphatic heterocycles. The van der Waals surface area contributed by atoms with E-state index in [1.807, 2.05) is 55.5 Å². The summed E-state index contributed by atoms with van der Waals surface area (Å²) >= 11 is 5.96. The van der Waals surface area contributed by atoms with Crippen molar-refractivity contribution in [2.75, 3.05) is 4.90 Å². The monoisotopic (exact) mass is 377 g/mol. The van der Waals surface area contributed by atoms with Crippen LogP contribution in [-0.4, -0.2) is 22.2 Å². The van der Waals surface area contributed by atoms with E-state index in [0.29, 0.717) is 23.0 Å². The van der Waals surface area contributed by atoms with Gasteiger partial charge in [0.1, 0.15) is 23.9 Å². The second-order valence-electron chi connectivity index (χ2n) is 6.65. The zero-order valence-electron chi connectivity index (χ0n) is 14.8. The van der Waals surface area contributed by atoms with E-state index in [9.17, 15) is 9.59 Å². The molecule has 1 atom stereocenters. The number of hydrogen-bond acceptors (Lipinski definition) is 2. The third-order valence-corrected chi connectivity index (χ3v) is 5.02. The van der Waals surface area contributed by atoms with Gasteiger partial charge in [0, 0.05) is 5.02 Å². The highest BCUT2D eigenvalue weighted by atomic mass is 35.5. The summed E-state index contributed by atoms with van der Waals surface area (Å²) in [6.45, 7) is 2.43. The molecule has 2 aliphatic rings. The molecule has 2 aromatic carbocycles. The van der Waals surface area contributed by atoms with Gasteiger partial charge in [0.15, 0.2) is 0 Å². The van der Waals surface area contributed by atoms with Gasteiger partial charge in [-0.05, 0) is 42.8 Å². The number of halogens is 1. The Kier molecular flexibility index (Phi) is 4.50. The third kappa shape index (κ3) is 3.24. The van der Waals surface area contributed by atoms with Crippen LogP contribution in [0.15, 0.2) is 72.8 Å². The summed E-state index contributed by atoms with van der Waals surface area (Å²) in [5.41, 5.74) is 3.39. The zero-order valence-corrected chi connectivity index (χ0v) is 15.6. The normalized spacial score (nSPS) is 18.9. The molecule has 0 bridgehead atoms. The molecule has 0 spiro atoms. The molecule has 0 aromatic heterocycles. The Morgan fingerprint density at radius 1 is 1.00 bits per heavy atom. The SMILES string of the molecule is Cc1ccc(C[N+]2=C3C=CC=CC3C(=O)N(c3ccc(Cl)cc3)C2=O)cc1. The van der Waals surface area contributed by atoms with Crippen LogP contribution in [0.5, 0.6) is 0 Å². The second-order valence-corrected chi connectivity index (χ2v) is 7.09. The average molecular weight is 378 g/mol. The molecule has 27 heavy (non-hydrogen) atoms. The predicted molar refractivity (Wildman–Crippen MR) is 106 cm³/mol. The zero-order chi connectivity index (χ0) is 19.0. The van der Waals surface area contributed by atoms with E-state index in [1.54, 1.807) is 28.8 Å². The fraction of sp³-hybridized carbons (Fsp3) is 0.136. The first-order chi connectivity index (χ1) is 13.0. The average Bonchev–Trinajstić information content (AvgIpc) is 2.68. The molecule has 134 valence electrons. The number of amides is 3. The first-order valence-electron chi connectivity index (χ1n) is 8.73. The standard InChI is InChI=1S/C22H18ClN2O2/c1-15-6-8-16(9-7-15)14-24-20-5-3-2-4-19(20)21(26)25(22(24)27)18-12-10-17(23)11-13-18/h2-13,19H,14H2,1H3/q+1. The number of imide groups is 1.